The van der Waals surface area contributed by atoms with Crippen molar-refractivity contribution < 1.29 is 13.2 Å². The number of rotatable bonds is 1. The molecule has 0 saturated heterocycles. The summed E-state index contributed by atoms with van der Waals surface area (Å²) in [5.41, 5.74) is 4.73. The van der Waals surface area contributed by atoms with E-state index in [2.05, 4.69) is 0 Å². The first-order valence-corrected chi connectivity index (χ1v) is 3.69. The van der Waals surface area contributed by atoms with Crippen molar-refractivity contribution in [3.8, 4) is 0 Å². The summed E-state index contributed by atoms with van der Waals surface area (Å²) in [6.07, 6.45) is -0.0146. The standard InChI is InChI=1S/C8H10F3N/c9-8(10,11)7-3-1-6(5-12)2-4-7/h1,3-4,6H,2,5,12H2. The first kappa shape index (κ1) is 9.32. The maximum Gasteiger partial charge on any atom is 0.416 e. The van der Waals surface area contributed by atoms with Gasteiger partial charge in [0.25, 0.3) is 0 Å². The Bertz CT molecular complexity index is 215. The van der Waals surface area contributed by atoms with Gasteiger partial charge in [-0.2, -0.15) is 13.2 Å². The highest BCUT2D eigenvalue weighted by molar-refractivity contribution is 5.27. The molecule has 0 fully saturated rings. The van der Waals surface area contributed by atoms with Crippen molar-refractivity contribution >= 4 is 0 Å². The van der Waals surface area contributed by atoms with Gasteiger partial charge in [-0.3, -0.25) is 0 Å². The van der Waals surface area contributed by atoms with E-state index >= 15 is 0 Å². The zero-order valence-corrected chi connectivity index (χ0v) is 6.43. The van der Waals surface area contributed by atoms with Crippen LogP contribution in [0.1, 0.15) is 6.42 Å². The first-order chi connectivity index (χ1) is 5.54. The molecule has 0 bridgehead atoms. The van der Waals surface area contributed by atoms with Gasteiger partial charge in [0, 0.05) is 0 Å². The second-order valence-electron chi connectivity index (χ2n) is 2.75. The van der Waals surface area contributed by atoms with Crippen molar-refractivity contribution in [1.82, 2.24) is 0 Å². The van der Waals surface area contributed by atoms with Crippen LogP contribution in [0.5, 0.6) is 0 Å². The minimum Gasteiger partial charge on any atom is -0.330 e. The lowest BCUT2D eigenvalue weighted by Crippen LogP contribution is -2.17. The summed E-state index contributed by atoms with van der Waals surface area (Å²) in [5, 5.41) is 0. The van der Waals surface area contributed by atoms with Crippen LogP contribution in [-0.4, -0.2) is 12.7 Å². The quantitative estimate of drug-likeness (QED) is 0.651. The summed E-state index contributed by atoms with van der Waals surface area (Å²) < 4.78 is 36.1. The Hall–Kier alpha value is -0.770. The van der Waals surface area contributed by atoms with Crippen LogP contribution < -0.4 is 5.73 Å². The van der Waals surface area contributed by atoms with E-state index in [-0.39, 0.29) is 5.92 Å². The Morgan fingerprint density at radius 3 is 2.50 bits per heavy atom. The van der Waals surface area contributed by atoms with E-state index in [0.29, 0.717) is 13.0 Å². The zero-order valence-electron chi connectivity index (χ0n) is 6.43. The third kappa shape index (κ3) is 2.11. The SMILES string of the molecule is NCC1C=CC(C(F)(F)F)=CC1. The molecule has 4 heteroatoms. The molecule has 2 N–H and O–H groups in total. The van der Waals surface area contributed by atoms with Crippen LogP contribution in [0, 0.1) is 5.92 Å². The molecule has 0 aliphatic heterocycles. The monoisotopic (exact) mass is 177 g/mol. The lowest BCUT2D eigenvalue weighted by molar-refractivity contribution is -0.0887. The first-order valence-electron chi connectivity index (χ1n) is 3.69. The third-order valence-electron chi connectivity index (χ3n) is 1.82. The van der Waals surface area contributed by atoms with E-state index < -0.39 is 11.7 Å². The van der Waals surface area contributed by atoms with Crippen LogP contribution in [0.25, 0.3) is 0 Å². The highest BCUT2D eigenvalue weighted by Gasteiger charge is 2.32. The molecule has 0 radical (unpaired) electrons. The summed E-state index contributed by atoms with van der Waals surface area (Å²) in [4.78, 5) is 0. The molecule has 0 spiro atoms. The molecule has 1 atom stereocenters. The van der Waals surface area contributed by atoms with E-state index in [1.54, 1.807) is 0 Å². The van der Waals surface area contributed by atoms with E-state index in [4.69, 9.17) is 5.73 Å². The van der Waals surface area contributed by atoms with Crippen LogP contribution in [-0.2, 0) is 0 Å². The van der Waals surface area contributed by atoms with E-state index in [1.807, 2.05) is 0 Å². The molecule has 1 aliphatic rings. The summed E-state index contributed by atoms with van der Waals surface area (Å²) in [6, 6.07) is 0. The Labute approximate surface area is 68.7 Å². The van der Waals surface area contributed by atoms with Gasteiger partial charge < -0.3 is 5.73 Å². The van der Waals surface area contributed by atoms with Crippen LogP contribution in [0.3, 0.4) is 0 Å². The van der Waals surface area contributed by atoms with Gasteiger partial charge in [-0.25, -0.2) is 0 Å². The molecule has 68 valence electrons. The maximum atomic E-state index is 12.0. The maximum absolute atomic E-state index is 12.0. The van der Waals surface area contributed by atoms with Gasteiger partial charge in [-0.15, -0.1) is 0 Å². The van der Waals surface area contributed by atoms with Crippen LogP contribution in [0.4, 0.5) is 13.2 Å². The lowest BCUT2D eigenvalue weighted by atomic mass is 9.97. The van der Waals surface area contributed by atoms with Gasteiger partial charge in [-0.05, 0) is 18.9 Å². The van der Waals surface area contributed by atoms with Crippen molar-refractivity contribution in [3.05, 3.63) is 23.8 Å². The number of hydrogen-bond acceptors (Lipinski definition) is 1. The molecule has 1 aliphatic carbocycles. The molecule has 12 heavy (non-hydrogen) atoms. The normalized spacial score (nSPS) is 24.0. The van der Waals surface area contributed by atoms with Gasteiger partial charge >= 0.3 is 6.18 Å². The zero-order chi connectivity index (χ0) is 9.19. The topological polar surface area (TPSA) is 26.0 Å². The highest BCUT2D eigenvalue weighted by atomic mass is 19.4. The summed E-state index contributed by atoms with van der Waals surface area (Å²) in [7, 11) is 0. The fourth-order valence-corrected chi connectivity index (χ4v) is 1.05. The molecular weight excluding hydrogens is 167 g/mol. The second kappa shape index (κ2) is 3.31. The van der Waals surface area contributed by atoms with E-state index in [9.17, 15) is 13.2 Å². The predicted octanol–water partition coefficient (Wildman–Crippen LogP) is 2.01. The van der Waals surface area contributed by atoms with Crippen molar-refractivity contribution in [2.24, 2.45) is 11.7 Å². The van der Waals surface area contributed by atoms with Crippen molar-refractivity contribution in [1.29, 1.82) is 0 Å². The minimum atomic E-state index is -4.21. The van der Waals surface area contributed by atoms with E-state index in [1.165, 1.54) is 12.2 Å². The lowest BCUT2D eigenvalue weighted by Gasteiger charge is -2.15. The summed E-state index contributed by atoms with van der Waals surface area (Å²) in [5.74, 6) is 0.0658. The number of halogens is 3. The van der Waals surface area contributed by atoms with Crippen LogP contribution in [0.2, 0.25) is 0 Å². The van der Waals surface area contributed by atoms with Crippen LogP contribution >= 0.6 is 0 Å². The molecule has 0 amide bonds. The van der Waals surface area contributed by atoms with Gasteiger partial charge in [-0.1, -0.05) is 18.2 Å². The molecule has 0 aromatic heterocycles. The van der Waals surface area contributed by atoms with Crippen molar-refractivity contribution in [2.75, 3.05) is 6.54 Å². The highest BCUT2D eigenvalue weighted by Crippen LogP contribution is 2.30. The van der Waals surface area contributed by atoms with E-state index in [0.717, 1.165) is 6.08 Å². The molecule has 1 nitrogen and oxygen atoms in total. The number of alkyl halides is 3. The average molecular weight is 177 g/mol. The molecule has 0 aromatic carbocycles. The Morgan fingerprint density at radius 1 is 1.50 bits per heavy atom. The summed E-state index contributed by atoms with van der Waals surface area (Å²) in [6.45, 7) is 0.401. The fraction of sp³-hybridized carbons (Fsp3) is 0.500. The molecule has 0 aromatic rings. The number of nitrogens with two attached hydrogens (primary N) is 1. The number of hydrogen-bond donors (Lipinski definition) is 1. The van der Waals surface area contributed by atoms with Gasteiger partial charge in [0.05, 0.1) is 5.57 Å². The van der Waals surface area contributed by atoms with Crippen molar-refractivity contribution in [2.45, 2.75) is 12.6 Å². The molecular formula is C8H10F3N. The largest absolute Gasteiger partial charge is 0.416 e. The second-order valence-corrected chi connectivity index (χ2v) is 2.75. The van der Waals surface area contributed by atoms with Crippen LogP contribution in [0.15, 0.2) is 23.8 Å². The van der Waals surface area contributed by atoms with Gasteiger partial charge in [0.1, 0.15) is 0 Å². The van der Waals surface area contributed by atoms with Crippen molar-refractivity contribution in [3.63, 3.8) is 0 Å². The molecule has 0 heterocycles. The third-order valence-corrected chi connectivity index (χ3v) is 1.82. The average Bonchev–Trinajstić information content (AvgIpc) is 2.03. The Morgan fingerprint density at radius 2 is 2.17 bits per heavy atom. The molecule has 0 saturated carbocycles. The predicted molar refractivity (Wildman–Crippen MR) is 40.4 cm³/mol. The Balaban J connectivity index is 2.64. The minimum absolute atomic E-state index is 0.0658. The van der Waals surface area contributed by atoms with Gasteiger partial charge in [0.15, 0.2) is 0 Å². The molecule has 1 unspecified atom stereocenters. The summed E-state index contributed by atoms with van der Waals surface area (Å²) >= 11 is 0. The smallest absolute Gasteiger partial charge is 0.330 e. The molecule has 1 rings (SSSR count). The fourth-order valence-electron chi connectivity index (χ4n) is 1.05. The number of allylic oxidation sites excluding steroid dienone is 3. The van der Waals surface area contributed by atoms with Gasteiger partial charge in [0.2, 0.25) is 0 Å². The Kier molecular flexibility index (Phi) is 2.57.